The molecule has 0 saturated heterocycles. The Morgan fingerprint density at radius 2 is 1.31 bits per heavy atom. The average molecular weight is 522 g/mol. The number of fused-ring (bicyclic) bond motifs is 4. The minimum absolute atomic E-state index is 0. The van der Waals surface area contributed by atoms with Gasteiger partial charge in [0.25, 0.3) is 0 Å². The van der Waals surface area contributed by atoms with Gasteiger partial charge in [-0.2, -0.15) is 18.2 Å². The Morgan fingerprint density at radius 3 is 2.20 bits per heavy atom. The van der Waals surface area contributed by atoms with Gasteiger partial charge in [-0.1, -0.05) is 107 Å². The zero-order chi connectivity index (χ0) is 22.5. The van der Waals surface area contributed by atoms with Crippen LogP contribution in [0.15, 0.2) is 120 Å². The number of benzene rings is 5. The summed E-state index contributed by atoms with van der Waals surface area (Å²) in [5.74, 6) is 0. The molecule has 5 aromatic carbocycles. The molecule has 2 aromatic heterocycles. The minimum Gasteiger partial charge on any atom is -0.456 e. The van der Waals surface area contributed by atoms with Crippen LogP contribution in [0.25, 0.3) is 60.8 Å². The Labute approximate surface area is 228 Å². The summed E-state index contributed by atoms with van der Waals surface area (Å²) in [5.41, 5.74) is 8.30. The van der Waals surface area contributed by atoms with Gasteiger partial charge in [0.2, 0.25) is 0 Å². The van der Waals surface area contributed by atoms with Crippen molar-refractivity contribution in [2.24, 2.45) is 0 Å². The van der Waals surface area contributed by atoms with E-state index in [0.29, 0.717) is 0 Å². The van der Waals surface area contributed by atoms with Crippen LogP contribution in [0.2, 0.25) is 0 Å². The Hall–Kier alpha value is -3.46. The van der Waals surface area contributed by atoms with E-state index in [4.69, 9.17) is 4.42 Å². The van der Waals surface area contributed by atoms with Crippen molar-refractivity contribution in [3.05, 3.63) is 128 Å². The molecule has 0 aliphatic rings. The summed E-state index contributed by atoms with van der Waals surface area (Å²) in [6, 6.07) is 43.3. The molecule has 0 N–H and O–H groups in total. The first-order chi connectivity index (χ1) is 16.8. The van der Waals surface area contributed by atoms with Crippen LogP contribution >= 0.6 is 0 Å². The van der Waals surface area contributed by atoms with Crippen molar-refractivity contribution in [1.29, 1.82) is 0 Å². The normalized spacial score (nSPS) is 11.2. The first-order valence-electron chi connectivity index (χ1n) is 11.4. The van der Waals surface area contributed by atoms with E-state index in [9.17, 15) is 0 Å². The smallest absolute Gasteiger partial charge is 0.135 e. The third kappa shape index (κ3) is 3.74. The molecule has 2 heterocycles. The van der Waals surface area contributed by atoms with Gasteiger partial charge in [-0.3, -0.25) is 0 Å². The van der Waals surface area contributed by atoms with Crippen LogP contribution in [0.4, 0.5) is 0 Å². The van der Waals surface area contributed by atoms with E-state index in [2.05, 4.69) is 108 Å². The predicted octanol–water partition coefficient (Wildman–Crippen LogP) is 8.46. The van der Waals surface area contributed by atoms with E-state index in [1.807, 2.05) is 24.3 Å². The summed E-state index contributed by atoms with van der Waals surface area (Å²) in [6.45, 7) is 0. The van der Waals surface area contributed by atoms with Crippen LogP contribution < -0.4 is 0 Å². The summed E-state index contributed by atoms with van der Waals surface area (Å²) in [5, 5.41) is 3.43. The fourth-order valence-electron chi connectivity index (χ4n) is 4.78. The van der Waals surface area contributed by atoms with E-state index in [-0.39, 0.29) is 32.7 Å². The Balaban J connectivity index is 0.00000229. The van der Waals surface area contributed by atoms with Crippen molar-refractivity contribution in [1.82, 2.24) is 4.57 Å². The number of hydrogen-bond donors (Lipinski definition) is 0. The number of para-hydroxylation sites is 2. The molecule has 163 valence electrons. The molecule has 0 spiro atoms. The van der Waals surface area contributed by atoms with Gasteiger partial charge >= 0.3 is 0 Å². The standard InChI is InChI=1S/C32H19NO.Y/c1-2-9-22(10-3-1)29-21-33(30-15-6-4-13-26(29)30)25-12-8-11-23(19-25)24-17-18-32-28(20-24)27-14-5-7-16-31(27)34-32;/h1-18,20H;/q-2;. The third-order valence-corrected chi connectivity index (χ3v) is 6.41. The monoisotopic (exact) mass is 522 g/mol. The molecule has 7 rings (SSSR count). The second-order valence-corrected chi connectivity index (χ2v) is 8.46. The number of rotatable bonds is 3. The molecule has 35 heavy (non-hydrogen) atoms. The second-order valence-electron chi connectivity index (χ2n) is 8.46. The first kappa shape index (κ1) is 22.0. The molecule has 3 heteroatoms. The molecule has 0 fully saturated rings. The van der Waals surface area contributed by atoms with Gasteiger partial charge < -0.3 is 8.98 Å². The Bertz CT molecular complexity index is 1810. The molecular formula is C32H19NOY-2. The Kier molecular flexibility index (Phi) is 5.64. The van der Waals surface area contributed by atoms with Crippen LogP contribution in [-0.4, -0.2) is 4.57 Å². The SMILES string of the molecule is [Y].[c-]1c(-c2ccc3oc4ccccc4c3c2)cccc1-n1[c-]c(-c2ccccc2)c2ccccc21. The maximum Gasteiger partial charge on any atom is 0.135 e. The van der Waals surface area contributed by atoms with E-state index in [1.165, 1.54) is 5.39 Å². The molecule has 0 aliphatic carbocycles. The van der Waals surface area contributed by atoms with Crippen molar-refractivity contribution in [3.8, 4) is 27.9 Å². The average Bonchev–Trinajstić information content (AvgIpc) is 3.48. The van der Waals surface area contributed by atoms with Gasteiger partial charge in [-0.25, -0.2) is 0 Å². The zero-order valence-corrected chi connectivity index (χ0v) is 21.7. The van der Waals surface area contributed by atoms with Crippen molar-refractivity contribution < 1.29 is 37.1 Å². The van der Waals surface area contributed by atoms with Gasteiger partial charge in [0.1, 0.15) is 11.2 Å². The molecule has 7 aromatic rings. The van der Waals surface area contributed by atoms with Crippen LogP contribution in [0.3, 0.4) is 0 Å². The fourth-order valence-corrected chi connectivity index (χ4v) is 4.78. The molecule has 0 saturated carbocycles. The maximum atomic E-state index is 6.01. The summed E-state index contributed by atoms with van der Waals surface area (Å²) >= 11 is 0. The van der Waals surface area contributed by atoms with Crippen molar-refractivity contribution >= 4 is 32.8 Å². The Morgan fingerprint density at radius 1 is 0.571 bits per heavy atom. The second kappa shape index (κ2) is 8.96. The summed E-state index contributed by atoms with van der Waals surface area (Å²) in [6.07, 6.45) is 3.62. The van der Waals surface area contributed by atoms with Gasteiger partial charge in [-0.05, 0) is 23.8 Å². The largest absolute Gasteiger partial charge is 0.456 e. The van der Waals surface area contributed by atoms with E-state index < -0.39 is 0 Å². The third-order valence-electron chi connectivity index (χ3n) is 6.41. The number of hydrogen-bond acceptors (Lipinski definition) is 1. The van der Waals surface area contributed by atoms with Gasteiger partial charge in [-0.15, -0.1) is 17.3 Å². The molecule has 0 amide bonds. The van der Waals surface area contributed by atoms with E-state index in [0.717, 1.165) is 55.4 Å². The number of furan rings is 1. The summed E-state index contributed by atoms with van der Waals surface area (Å²) < 4.78 is 8.13. The van der Waals surface area contributed by atoms with Crippen LogP contribution in [0.5, 0.6) is 0 Å². The number of aromatic nitrogens is 1. The fraction of sp³-hybridized carbons (Fsp3) is 0. The topological polar surface area (TPSA) is 18.1 Å². The molecule has 0 unspecified atom stereocenters. The number of nitrogens with zero attached hydrogens (tertiary/aromatic N) is 1. The van der Waals surface area contributed by atoms with Crippen molar-refractivity contribution in [2.75, 3.05) is 0 Å². The van der Waals surface area contributed by atoms with Crippen LogP contribution in [0, 0.1) is 12.3 Å². The van der Waals surface area contributed by atoms with Gasteiger partial charge in [0.15, 0.2) is 0 Å². The maximum absolute atomic E-state index is 6.01. The molecule has 0 atom stereocenters. The quantitative estimate of drug-likeness (QED) is 0.213. The van der Waals surface area contributed by atoms with Crippen LogP contribution in [0.1, 0.15) is 0 Å². The molecule has 2 nitrogen and oxygen atoms in total. The minimum atomic E-state index is 0. The molecular weight excluding hydrogens is 503 g/mol. The zero-order valence-electron chi connectivity index (χ0n) is 18.9. The molecule has 1 radical (unpaired) electrons. The predicted molar refractivity (Wildman–Crippen MR) is 139 cm³/mol. The van der Waals surface area contributed by atoms with Gasteiger partial charge in [0.05, 0.1) is 0 Å². The summed E-state index contributed by atoms with van der Waals surface area (Å²) in [7, 11) is 0. The van der Waals surface area contributed by atoms with Crippen LogP contribution in [-0.2, 0) is 32.7 Å². The van der Waals surface area contributed by atoms with E-state index >= 15 is 0 Å². The van der Waals surface area contributed by atoms with E-state index in [1.54, 1.807) is 0 Å². The summed E-state index contributed by atoms with van der Waals surface area (Å²) in [4.78, 5) is 0. The molecule has 0 aliphatic heterocycles. The first-order valence-corrected chi connectivity index (χ1v) is 11.4. The van der Waals surface area contributed by atoms with Crippen molar-refractivity contribution in [3.63, 3.8) is 0 Å². The van der Waals surface area contributed by atoms with Crippen molar-refractivity contribution in [2.45, 2.75) is 0 Å². The molecule has 0 bridgehead atoms. The van der Waals surface area contributed by atoms with Gasteiger partial charge in [0, 0.05) is 43.5 Å².